The number of hydrogen-bond acceptors (Lipinski definition) is 8. The highest BCUT2D eigenvalue weighted by molar-refractivity contribution is 8.15. The van der Waals surface area contributed by atoms with Crippen LogP contribution in [0.15, 0.2) is 59.6 Å². The van der Waals surface area contributed by atoms with Crippen molar-refractivity contribution in [3.63, 3.8) is 0 Å². The molecule has 1 atom stereocenters. The first-order valence-electron chi connectivity index (χ1n) is 10.2. The number of benzene rings is 2. The second kappa shape index (κ2) is 11.3. The Morgan fingerprint density at radius 1 is 1.12 bits per heavy atom. The van der Waals surface area contributed by atoms with Gasteiger partial charge in [-0.05, 0) is 36.2 Å². The summed E-state index contributed by atoms with van der Waals surface area (Å²) in [5.74, 6) is -2.32. The Labute approximate surface area is 194 Å². The fraction of sp³-hybridized carbons (Fsp3) is 0.261. The molecule has 2 amide bonds. The quantitative estimate of drug-likeness (QED) is 0.557. The van der Waals surface area contributed by atoms with Crippen molar-refractivity contribution in [2.45, 2.75) is 24.5 Å². The van der Waals surface area contributed by atoms with Crippen molar-refractivity contribution >= 4 is 52.1 Å². The lowest BCUT2D eigenvalue weighted by Crippen LogP contribution is -2.34. The number of thioether (sulfide) groups is 1. The molecule has 0 unspecified atom stereocenters. The maximum atomic E-state index is 13.0. The van der Waals surface area contributed by atoms with Crippen LogP contribution < -0.4 is 10.4 Å². The highest BCUT2D eigenvalue weighted by Gasteiger charge is 2.39. The first-order valence-corrected chi connectivity index (χ1v) is 11.0. The number of esters is 1. The first-order chi connectivity index (χ1) is 15.9. The van der Waals surface area contributed by atoms with Crippen molar-refractivity contribution in [2.75, 3.05) is 19.0 Å². The topological polar surface area (TPSA) is 128 Å². The Bertz CT molecular complexity index is 1060. The van der Waals surface area contributed by atoms with Crippen LogP contribution in [0.25, 0.3) is 0 Å². The van der Waals surface area contributed by atoms with Crippen molar-refractivity contribution < 1.29 is 29.0 Å². The van der Waals surface area contributed by atoms with Gasteiger partial charge in [-0.1, -0.05) is 42.1 Å². The molecule has 1 heterocycles. The predicted octanol–water partition coefficient (Wildman–Crippen LogP) is 1.96. The molecule has 33 heavy (non-hydrogen) atoms. The molecule has 0 radical (unpaired) electrons. The van der Waals surface area contributed by atoms with Crippen LogP contribution in [0.3, 0.4) is 0 Å². The van der Waals surface area contributed by atoms with E-state index in [4.69, 9.17) is 0 Å². The van der Waals surface area contributed by atoms with E-state index in [1.807, 2.05) is 18.2 Å². The number of carboxylic acid groups (broad SMARTS) is 1. The Morgan fingerprint density at radius 2 is 1.82 bits per heavy atom. The molecule has 3 rings (SSSR count). The van der Waals surface area contributed by atoms with Gasteiger partial charge in [-0.3, -0.25) is 19.3 Å². The second-order valence-corrected chi connectivity index (χ2v) is 8.29. The van der Waals surface area contributed by atoms with Crippen LogP contribution in [0.5, 0.6) is 0 Å². The van der Waals surface area contributed by atoms with Crippen LogP contribution in [-0.4, -0.2) is 52.7 Å². The number of nitrogens with one attached hydrogen (secondary N) is 1. The van der Waals surface area contributed by atoms with E-state index in [2.05, 4.69) is 15.0 Å². The molecular formula is C23H22N3O6S-. The third-order valence-corrected chi connectivity index (χ3v) is 5.94. The summed E-state index contributed by atoms with van der Waals surface area (Å²) in [6.07, 6.45) is 0.472. The minimum absolute atomic E-state index is 0.00103. The molecule has 10 heteroatoms. The van der Waals surface area contributed by atoms with E-state index in [1.54, 1.807) is 12.1 Å². The van der Waals surface area contributed by atoms with E-state index in [9.17, 15) is 24.3 Å². The lowest BCUT2D eigenvalue weighted by molar-refractivity contribution is -0.255. The maximum Gasteiger partial charge on any atom is 0.305 e. The van der Waals surface area contributed by atoms with Crippen LogP contribution in [-0.2, 0) is 19.1 Å². The zero-order valence-electron chi connectivity index (χ0n) is 17.9. The van der Waals surface area contributed by atoms with Crippen LogP contribution in [0.4, 0.5) is 11.4 Å². The normalized spacial score (nSPS) is 16.6. The number of ether oxygens (including phenoxy) is 1. The molecule has 0 bridgehead atoms. The van der Waals surface area contributed by atoms with Crippen LogP contribution in [0, 0.1) is 0 Å². The number of nitrogens with zero attached hydrogens (tertiary/aromatic N) is 2. The van der Waals surface area contributed by atoms with Crippen molar-refractivity contribution in [1.29, 1.82) is 0 Å². The van der Waals surface area contributed by atoms with Crippen molar-refractivity contribution in [3.8, 4) is 0 Å². The summed E-state index contributed by atoms with van der Waals surface area (Å²) < 4.78 is 4.65. The molecule has 1 aliphatic rings. The van der Waals surface area contributed by atoms with Gasteiger partial charge in [0, 0.05) is 25.1 Å². The highest BCUT2D eigenvalue weighted by Crippen LogP contribution is 2.32. The summed E-state index contributed by atoms with van der Waals surface area (Å²) in [5.41, 5.74) is 1.08. The summed E-state index contributed by atoms with van der Waals surface area (Å²) in [5, 5.41) is 13.3. The summed E-state index contributed by atoms with van der Waals surface area (Å²) in [4.78, 5) is 53.9. The standard InChI is InChI=1S/C23H23N3O6S/c1-32-20(28)8-5-13-26-21(29)18(33-23(26)25-16-6-3-2-4-7-16)14-19(27)24-17-11-9-15(10-12-17)22(30)31/h2-4,6-7,9-12,18H,5,8,13-14H2,1H3,(H,24,27)(H,30,31)/p-1/t18-/m1/s1. The smallest absolute Gasteiger partial charge is 0.305 e. The highest BCUT2D eigenvalue weighted by atomic mass is 32.2. The number of amides is 2. The number of aliphatic imine (C=N–C) groups is 1. The maximum absolute atomic E-state index is 13.0. The lowest BCUT2D eigenvalue weighted by Gasteiger charge is -2.16. The van der Waals surface area contributed by atoms with Gasteiger partial charge in [-0.2, -0.15) is 0 Å². The average Bonchev–Trinajstić information content (AvgIpc) is 3.08. The third-order valence-electron chi connectivity index (χ3n) is 4.77. The number of rotatable bonds is 9. The predicted molar refractivity (Wildman–Crippen MR) is 122 cm³/mol. The van der Waals surface area contributed by atoms with Gasteiger partial charge >= 0.3 is 5.97 Å². The van der Waals surface area contributed by atoms with Crippen molar-refractivity contribution in [1.82, 2.24) is 4.90 Å². The molecule has 172 valence electrons. The number of hydrogen-bond donors (Lipinski definition) is 1. The molecule has 1 fully saturated rings. The van der Waals surface area contributed by atoms with E-state index in [0.717, 1.165) is 0 Å². The van der Waals surface area contributed by atoms with Gasteiger partial charge in [0.05, 0.1) is 18.8 Å². The SMILES string of the molecule is COC(=O)CCCN1C(=O)[C@@H](CC(=O)Nc2ccc(C(=O)[O-])cc2)SC1=Nc1ccccc1. The molecule has 0 saturated carbocycles. The molecule has 2 aromatic rings. The minimum atomic E-state index is -1.31. The number of aromatic carboxylic acids is 1. The molecule has 0 aromatic heterocycles. The van der Waals surface area contributed by atoms with Gasteiger partial charge in [-0.25, -0.2) is 4.99 Å². The third kappa shape index (κ3) is 6.66. The van der Waals surface area contributed by atoms with Gasteiger partial charge in [0.15, 0.2) is 5.17 Å². The van der Waals surface area contributed by atoms with Crippen molar-refractivity contribution in [2.24, 2.45) is 4.99 Å². The van der Waals surface area contributed by atoms with Crippen molar-refractivity contribution in [3.05, 3.63) is 60.2 Å². The number of carbonyl (C=O) groups excluding carboxylic acids is 4. The summed E-state index contributed by atoms with van der Waals surface area (Å²) in [7, 11) is 1.31. The summed E-state index contributed by atoms with van der Waals surface area (Å²) in [6, 6.07) is 14.7. The van der Waals surface area contributed by atoms with Gasteiger partial charge in [0.2, 0.25) is 11.8 Å². The molecule has 1 aliphatic heterocycles. The van der Waals surface area contributed by atoms with E-state index < -0.39 is 17.1 Å². The molecule has 1 N–H and O–H groups in total. The van der Waals surface area contributed by atoms with Crippen LogP contribution >= 0.6 is 11.8 Å². The van der Waals surface area contributed by atoms with Gasteiger partial charge in [0.1, 0.15) is 5.25 Å². The minimum Gasteiger partial charge on any atom is -0.545 e. The van der Waals surface area contributed by atoms with E-state index in [0.29, 0.717) is 23.0 Å². The fourth-order valence-corrected chi connectivity index (χ4v) is 4.28. The lowest BCUT2D eigenvalue weighted by atomic mass is 10.2. The molecule has 0 aliphatic carbocycles. The molecule has 9 nitrogen and oxygen atoms in total. The Kier molecular flexibility index (Phi) is 8.20. The monoisotopic (exact) mass is 468 g/mol. The first kappa shape index (κ1) is 24.0. The number of para-hydroxylation sites is 1. The van der Waals surface area contributed by atoms with Gasteiger partial charge in [0.25, 0.3) is 0 Å². The zero-order valence-corrected chi connectivity index (χ0v) is 18.7. The van der Waals surface area contributed by atoms with E-state index in [1.165, 1.54) is 48.0 Å². The average molecular weight is 469 g/mol. The van der Waals surface area contributed by atoms with Crippen LogP contribution in [0.2, 0.25) is 0 Å². The molecular weight excluding hydrogens is 446 g/mol. The summed E-state index contributed by atoms with van der Waals surface area (Å²) >= 11 is 1.19. The van der Waals surface area contributed by atoms with Gasteiger partial charge in [-0.15, -0.1) is 0 Å². The Hall–Kier alpha value is -3.66. The number of carbonyl (C=O) groups is 4. The number of anilines is 1. The molecule has 1 saturated heterocycles. The zero-order chi connectivity index (χ0) is 23.8. The second-order valence-electron chi connectivity index (χ2n) is 7.12. The van der Waals surface area contributed by atoms with Gasteiger partial charge < -0.3 is 20.0 Å². The fourth-order valence-electron chi connectivity index (χ4n) is 3.10. The number of carboxylic acids is 1. The number of methoxy groups -OCH3 is 1. The molecule has 2 aromatic carbocycles. The van der Waals surface area contributed by atoms with Crippen LogP contribution in [0.1, 0.15) is 29.6 Å². The number of amidine groups is 1. The Balaban J connectivity index is 1.68. The largest absolute Gasteiger partial charge is 0.545 e. The summed E-state index contributed by atoms with van der Waals surface area (Å²) in [6.45, 7) is 0.273. The molecule has 0 spiro atoms. The van der Waals surface area contributed by atoms with E-state index in [-0.39, 0.29) is 36.8 Å². The Morgan fingerprint density at radius 3 is 2.45 bits per heavy atom. The van der Waals surface area contributed by atoms with E-state index >= 15 is 0 Å².